The Bertz CT molecular complexity index is 886. The summed E-state index contributed by atoms with van der Waals surface area (Å²) in [6, 6.07) is 15.8. The first-order valence-electron chi connectivity index (χ1n) is 6.97. The SMILES string of the molecule is c1coc(-c2nc(NCc3cccs3)c3ccccc3n2)c1. The van der Waals surface area contributed by atoms with Gasteiger partial charge in [0.2, 0.25) is 0 Å². The van der Waals surface area contributed by atoms with Gasteiger partial charge in [0.1, 0.15) is 5.82 Å². The van der Waals surface area contributed by atoms with Gasteiger partial charge in [-0.3, -0.25) is 0 Å². The van der Waals surface area contributed by atoms with E-state index in [1.54, 1.807) is 17.6 Å². The fraction of sp³-hybridized carbons (Fsp3) is 0.0588. The van der Waals surface area contributed by atoms with Gasteiger partial charge in [-0.05, 0) is 35.7 Å². The minimum absolute atomic E-state index is 0.595. The number of fused-ring (bicyclic) bond motifs is 1. The van der Waals surface area contributed by atoms with Crippen molar-refractivity contribution in [1.29, 1.82) is 0 Å². The fourth-order valence-electron chi connectivity index (χ4n) is 2.31. The molecule has 4 rings (SSSR count). The lowest BCUT2D eigenvalue weighted by Crippen LogP contribution is -2.03. The number of furan rings is 1. The van der Waals surface area contributed by atoms with Gasteiger partial charge >= 0.3 is 0 Å². The van der Waals surface area contributed by atoms with Crippen LogP contribution >= 0.6 is 11.3 Å². The van der Waals surface area contributed by atoms with E-state index in [1.165, 1.54) is 4.88 Å². The van der Waals surface area contributed by atoms with Crippen LogP contribution in [0.3, 0.4) is 0 Å². The number of para-hydroxylation sites is 1. The predicted octanol–water partition coefficient (Wildman–Crippen LogP) is 4.56. The van der Waals surface area contributed by atoms with E-state index < -0.39 is 0 Å². The maximum atomic E-state index is 5.42. The zero-order chi connectivity index (χ0) is 14.8. The normalized spacial score (nSPS) is 10.9. The summed E-state index contributed by atoms with van der Waals surface area (Å²) in [5, 5.41) is 6.49. The summed E-state index contributed by atoms with van der Waals surface area (Å²) in [4.78, 5) is 10.5. The van der Waals surface area contributed by atoms with Gasteiger partial charge in [-0.25, -0.2) is 9.97 Å². The Labute approximate surface area is 131 Å². The average molecular weight is 307 g/mol. The standard InChI is InChI=1S/C17H13N3OS/c1-2-7-14-13(6-1)16(18-11-12-5-4-10-22-12)20-17(19-14)15-8-3-9-21-15/h1-10H,11H2,(H,18,19,20). The Morgan fingerprint density at radius 3 is 2.77 bits per heavy atom. The Kier molecular flexibility index (Phi) is 3.33. The van der Waals surface area contributed by atoms with Gasteiger partial charge in [-0.1, -0.05) is 18.2 Å². The first-order chi connectivity index (χ1) is 10.9. The number of aromatic nitrogens is 2. The molecule has 0 aliphatic carbocycles. The molecule has 0 radical (unpaired) electrons. The summed E-state index contributed by atoms with van der Waals surface area (Å²) in [7, 11) is 0. The predicted molar refractivity (Wildman–Crippen MR) is 88.9 cm³/mol. The summed E-state index contributed by atoms with van der Waals surface area (Å²) >= 11 is 1.73. The van der Waals surface area contributed by atoms with Crippen LogP contribution in [0.2, 0.25) is 0 Å². The lowest BCUT2D eigenvalue weighted by molar-refractivity contribution is 0.577. The van der Waals surface area contributed by atoms with Crippen molar-refractivity contribution in [2.24, 2.45) is 0 Å². The fourth-order valence-corrected chi connectivity index (χ4v) is 2.96. The number of nitrogens with zero attached hydrogens (tertiary/aromatic N) is 2. The Balaban J connectivity index is 1.77. The van der Waals surface area contributed by atoms with Gasteiger partial charge in [0.05, 0.1) is 18.3 Å². The maximum Gasteiger partial charge on any atom is 0.198 e. The molecule has 0 atom stereocenters. The zero-order valence-corrected chi connectivity index (χ0v) is 12.5. The Hall–Kier alpha value is -2.66. The van der Waals surface area contributed by atoms with Crippen LogP contribution in [0.4, 0.5) is 5.82 Å². The summed E-state index contributed by atoms with van der Waals surface area (Å²) in [5.41, 5.74) is 0.901. The van der Waals surface area contributed by atoms with Crippen LogP contribution in [-0.2, 0) is 6.54 Å². The number of hydrogen-bond acceptors (Lipinski definition) is 5. The van der Waals surface area contributed by atoms with Crippen LogP contribution in [0.25, 0.3) is 22.5 Å². The minimum Gasteiger partial charge on any atom is -0.461 e. The molecule has 1 N–H and O–H groups in total. The van der Waals surface area contributed by atoms with Crippen LogP contribution in [0.15, 0.2) is 64.6 Å². The van der Waals surface area contributed by atoms with Crippen molar-refractivity contribution in [2.45, 2.75) is 6.54 Å². The lowest BCUT2D eigenvalue weighted by Gasteiger charge is -2.09. The quantitative estimate of drug-likeness (QED) is 0.600. The largest absolute Gasteiger partial charge is 0.461 e. The number of thiophene rings is 1. The van der Waals surface area contributed by atoms with E-state index >= 15 is 0 Å². The third-order valence-electron chi connectivity index (χ3n) is 3.35. The van der Waals surface area contributed by atoms with E-state index in [0.29, 0.717) is 11.6 Å². The third-order valence-corrected chi connectivity index (χ3v) is 4.23. The van der Waals surface area contributed by atoms with Crippen molar-refractivity contribution in [2.75, 3.05) is 5.32 Å². The Morgan fingerprint density at radius 1 is 1.00 bits per heavy atom. The molecule has 3 heterocycles. The van der Waals surface area contributed by atoms with E-state index in [0.717, 1.165) is 23.3 Å². The summed E-state index contributed by atoms with van der Waals surface area (Å²) in [6.45, 7) is 0.746. The van der Waals surface area contributed by atoms with Crippen LogP contribution in [-0.4, -0.2) is 9.97 Å². The number of anilines is 1. The molecule has 0 saturated carbocycles. The van der Waals surface area contributed by atoms with Crippen molar-refractivity contribution in [3.63, 3.8) is 0 Å². The molecule has 0 aliphatic rings. The van der Waals surface area contributed by atoms with Crippen LogP contribution in [0, 0.1) is 0 Å². The maximum absolute atomic E-state index is 5.42. The van der Waals surface area contributed by atoms with E-state index in [1.807, 2.05) is 42.5 Å². The number of rotatable bonds is 4. The van der Waals surface area contributed by atoms with Gasteiger partial charge in [0.25, 0.3) is 0 Å². The van der Waals surface area contributed by atoms with Crippen LogP contribution in [0.5, 0.6) is 0 Å². The lowest BCUT2D eigenvalue weighted by atomic mass is 10.2. The molecule has 5 heteroatoms. The summed E-state index contributed by atoms with van der Waals surface area (Å²) in [5.74, 6) is 2.09. The van der Waals surface area contributed by atoms with E-state index in [4.69, 9.17) is 4.42 Å². The smallest absolute Gasteiger partial charge is 0.198 e. The molecule has 4 nitrogen and oxygen atoms in total. The highest BCUT2D eigenvalue weighted by Gasteiger charge is 2.10. The Morgan fingerprint density at radius 2 is 1.95 bits per heavy atom. The average Bonchev–Trinajstić information content (AvgIpc) is 3.25. The molecule has 0 bridgehead atoms. The first-order valence-corrected chi connectivity index (χ1v) is 7.85. The number of benzene rings is 1. The van der Waals surface area contributed by atoms with Crippen molar-refractivity contribution in [1.82, 2.24) is 9.97 Å². The van der Waals surface area contributed by atoms with Crippen molar-refractivity contribution < 1.29 is 4.42 Å². The molecule has 0 fully saturated rings. The molecule has 0 amide bonds. The van der Waals surface area contributed by atoms with Crippen LogP contribution < -0.4 is 5.32 Å². The van der Waals surface area contributed by atoms with E-state index in [9.17, 15) is 0 Å². The monoisotopic (exact) mass is 307 g/mol. The van der Waals surface area contributed by atoms with Crippen LogP contribution in [0.1, 0.15) is 4.88 Å². The zero-order valence-electron chi connectivity index (χ0n) is 11.7. The summed E-state index contributed by atoms with van der Waals surface area (Å²) in [6.07, 6.45) is 1.63. The molecule has 108 valence electrons. The van der Waals surface area contributed by atoms with Gasteiger partial charge in [-0.15, -0.1) is 11.3 Å². The van der Waals surface area contributed by atoms with E-state index in [-0.39, 0.29) is 0 Å². The van der Waals surface area contributed by atoms with Gasteiger partial charge < -0.3 is 9.73 Å². The summed E-state index contributed by atoms with van der Waals surface area (Å²) < 4.78 is 5.42. The minimum atomic E-state index is 0.595. The van der Waals surface area contributed by atoms with Gasteiger partial charge in [0.15, 0.2) is 11.6 Å². The van der Waals surface area contributed by atoms with Crippen molar-refractivity contribution in [3.05, 3.63) is 65.1 Å². The second kappa shape index (κ2) is 5.61. The number of hydrogen-bond donors (Lipinski definition) is 1. The first kappa shape index (κ1) is 13.0. The molecule has 1 aromatic carbocycles. The molecule has 0 saturated heterocycles. The molecule has 4 aromatic rings. The second-order valence-electron chi connectivity index (χ2n) is 4.82. The highest BCUT2D eigenvalue weighted by atomic mass is 32.1. The molecule has 3 aromatic heterocycles. The van der Waals surface area contributed by atoms with Crippen molar-refractivity contribution in [3.8, 4) is 11.6 Å². The highest BCUT2D eigenvalue weighted by Crippen LogP contribution is 2.25. The van der Waals surface area contributed by atoms with Gasteiger partial charge in [0, 0.05) is 10.3 Å². The molecular formula is C17H13N3OS. The highest BCUT2D eigenvalue weighted by molar-refractivity contribution is 7.09. The molecule has 0 spiro atoms. The molecule has 22 heavy (non-hydrogen) atoms. The van der Waals surface area contributed by atoms with Gasteiger partial charge in [-0.2, -0.15) is 0 Å². The third kappa shape index (κ3) is 2.46. The molecule has 0 unspecified atom stereocenters. The number of nitrogens with one attached hydrogen (secondary N) is 1. The van der Waals surface area contributed by atoms with E-state index in [2.05, 4.69) is 26.7 Å². The van der Waals surface area contributed by atoms with Crippen molar-refractivity contribution >= 4 is 28.1 Å². The molecule has 0 aliphatic heterocycles. The second-order valence-corrected chi connectivity index (χ2v) is 5.86. The molecular weight excluding hydrogens is 294 g/mol. The topological polar surface area (TPSA) is 51.0 Å².